The Morgan fingerprint density at radius 1 is 1.25 bits per heavy atom. The average Bonchev–Trinajstić information content (AvgIpc) is 2.98. The molecule has 100 valence electrons. The van der Waals surface area contributed by atoms with Gasteiger partial charge in [0.25, 0.3) is 5.91 Å². The highest BCUT2D eigenvalue weighted by Crippen LogP contribution is 2.17. The molecule has 1 aliphatic rings. The summed E-state index contributed by atoms with van der Waals surface area (Å²) in [5.74, 6) is 0.682. The topological polar surface area (TPSA) is 54.6 Å². The summed E-state index contributed by atoms with van der Waals surface area (Å²) in [7, 11) is 0. The van der Waals surface area contributed by atoms with E-state index >= 15 is 0 Å². The number of benzene rings is 1. The predicted molar refractivity (Wildman–Crippen MR) is 72.5 cm³/mol. The zero-order valence-corrected chi connectivity index (χ0v) is 10.7. The number of hydrogen-bond acceptors (Lipinski definition) is 3. The molecule has 20 heavy (non-hydrogen) atoms. The molecule has 4 nitrogen and oxygen atoms in total. The van der Waals surface area contributed by atoms with Crippen LogP contribution in [-0.2, 0) is 4.79 Å². The Morgan fingerprint density at radius 3 is 2.75 bits per heavy atom. The van der Waals surface area contributed by atoms with Gasteiger partial charge in [0.1, 0.15) is 28.9 Å². The summed E-state index contributed by atoms with van der Waals surface area (Å²) in [6.45, 7) is 1.81. The van der Waals surface area contributed by atoms with Crippen molar-refractivity contribution >= 4 is 17.8 Å². The number of aryl methyl sites for hydroxylation is 1. The van der Waals surface area contributed by atoms with Crippen molar-refractivity contribution < 1.29 is 13.6 Å². The maximum absolute atomic E-state index is 13.7. The number of aliphatic imine (C=N–C) groups is 1. The number of nitrogens with zero attached hydrogens (tertiary/aromatic N) is 1. The van der Waals surface area contributed by atoms with Gasteiger partial charge >= 0.3 is 0 Å². The number of halogens is 1. The third-order valence-corrected chi connectivity index (χ3v) is 2.87. The number of furan rings is 1. The van der Waals surface area contributed by atoms with Crippen LogP contribution >= 0.6 is 0 Å². The van der Waals surface area contributed by atoms with E-state index in [9.17, 15) is 9.18 Å². The maximum atomic E-state index is 13.7. The lowest BCUT2D eigenvalue weighted by Crippen LogP contribution is -2.25. The molecule has 0 fully saturated rings. The highest BCUT2D eigenvalue weighted by atomic mass is 19.1. The monoisotopic (exact) mass is 270 g/mol. The highest BCUT2D eigenvalue weighted by Gasteiger charge is 2.23. The molecule has 0 saturated carbocycles. The molecule has 2 heterocycles. The van der Waals surface area contributed by atoms with Gasteiger partial charge in [0.15, 0.2) is 0 Å². The lowest BCUT2D eigenvalue weighted by molar-refractivity contribution is -0.115. The Balaban J connectivity index is 1.97. The summed E-state index contributed by atoms with van der Waals surface area (Å²) in [6, 6.07) is 9.69. The quantitative estimate of drug-likeness (QED) is 0.853. The first-order valence-electron chi connectivity index (χ1n) is 6.06. The van der Waals surface area contributed by atoms with Crippen molar-refractivity contribution in [2.45, 2.75) is 6.92 Å². The van der Waals surface area contributed by atoms with Crippen LogP contribution in [0, 0.1) is 12.7 Å². The van der Waals surface area contributed by atoms with Gasteiger partial charge in [-0.2, -0.15) is 0 Å². The highest BCUT2D eigenvalue weighted by molar-refractivity contribution is 6.19. The summed E-state index contributed by atoms with van der Waals surface area (Å²) in [5, 5.41) is 2.55. The van der Waals surface area contributed by atoms with Crippen molar-refractivity contribution in [3.05, 3.63) is 65.0 Å². The molecule has 0 unspecified atom stereocenters. The summed E-state index contributed by atoms with van der Waals surface area (Å²) >= 11 is 0. The van der Waals surface area contributed by atoms with E-state index in [1.165, 1.54) is 12.1 Å². The number of rotatable bonds is 2. The smallest absolute Gasteiger partial charge is 0.275 e. The fraction of sp³-hybridized carbons (Fsp3) is 0.0667. The van der Waals surface area contributed by atoms with Crippen LogP contribution in [0.25, 0.3) is 6.08 Å². The molecule has 0 radical (unpaired) electrons. The van der Waals surface area contributed by atoms with Crippen molar-refractivity contribution in [1.29, 1.82) is 0 Å². The summed E-state index contributed by atoms with van der Waals surface area (Å²) in [4.78, 5) is 15.9. The van der Waals surface area contributed by atoms with Crippen LogP contribution in [0.1, 0.15) is 17.1 Å². The van der Waals surface area contributed by atoms with E-state index in [4.69, 9.17) is 4.42 Å². The van der Waals surface area contributed by atoms with Gasteiger partial charge in [0.2, 0.25) is 0 Å². The average molecular weight is 270 g/mol. The molecular formula is C15H11FN2O2. The summed E-state index contributed by atoms with van der Waals surface area (Å²) in [6.07, 6.45) is 1.52. The molecule has 2 aromatic rings. The molecule has 0 atom stereocenters. The second-order valence-electron chi connectivity index (χ2n) is 4.37. The Morgan fingerprint density at radius 2 is 2.05 bits per heavy atom. The minimum absolute atomic E-state index is 0.192. The van der Waals surface area contributed by atoms with Crippen LogP contribution < -0.4 is 5.32 Å². The zero-order chi connectivity index (χ0) is 14.1. The van der Waals surface area contributed by atoms with E-state index in [1.807, 2.05) is 6.92 Å². The number of amides is 1. The molecule has 1 amide bonds. The molecule has 0 saturated heterocycles. The molecule has 1 aromatic heterocycles. The van der Waals surface area contributed by atoms with Gasteiger partial charge in [-0.15, -0.1) is 0 Å². The molecular weight excluding hydrogens is 259 g/mol. The first-order valence-corrected chi connectivity index (χ1v) is 6.06. The number of nitrogens with one attached hydrogen (secondary N) is 1. The Labute approximate surface area is 114 Å². The van der Waals surface area contributed by atoms with E-state index in [1.54, 1.807) is 30.3 Å². The molecule has 0 aliphatic carbocycles. The van der Waals surface area contributed by atoms with Gasteiger partial charge in [-0.1, -0.05) is 12.1 Å². The minimum Gasteiger partial charge on any atom is -0.462 e. The Hall–Kier alpha value is -2.69. The van der Waals surface area contributed by atoms with Crippen LogP contribution in [-0.4, -0.2) is 11.7 Å². The normalized spacial score (nSPS) is 16.4. The second kappa shape index (κ2) is 4.77. The summed E-state index contributed by atoms with van der Waals surface area (Å²) < 4.78 is 19.0. The summed E-state index contributed by atoms with van der Waals surface area (Å²) in [5.41, 5.74) is 0.456. The van der Waals surface area contributed by atoms with Crippen molar-refractivity contribution in [2.24, 2.45) is 4.99 Å². The van der Waals surface area contributed by atoms with Crippen LogP contribution in [0.2, 0.25) is 0 Å². The molecule has 1 aromatic carbocycles. The van der Waals surface area contributed by atoms with Crippen molar-refractivity contribution in [1.82, 2.24) is 5.32 Å². The SMILES string of the molecule is Cc1ccc(/C=C2/N=C(c3ccccc3F)NC2=O)o1. The predicted octanol–water partition coefficient (Wildman–Crippen LogP) is 2.64. The number of hydrogen-bond donors (Lipinski definition) is 1. The first-order chi connectivity index (χ1) is 9.63. The van der Waals surface area contributed by atoms with Crippen LogP contribution in [0.5, 0.6) is 0 Å². The van der Waals surface area contributed by atoms with Gasteiger partial charge < -0.3 is 9.73 Å². The standard InChI is InChI=1S/C15H11FN2O2/c1-9-6-7-10(20-9)8-13-15(19)18-14(17-13)11-4-2-3-5-12(11)16/h2-8H,1H3,(H,17,18,19)/b13-8+. The van der Waals surface area contributed by atoms with Crippen molar-refractivity contribution in [3.8, 4) is 0 Å². The van der Waals surface area contributed by atoms with Gasteiger partial charge in [-0.05, 0) is 31.2 Å². The largest absolute Gasteiger partial charge is 0.462 e. The molecule has 0 spiro atoms. The molecule has 3 rings (SSSR count). The van der Waals surface area contributed by atoms with Gasteiger partial charge in [-0.25, -0.2) is 9.38 Å². The van der Waals surface area contributed by atoms with E-state index in [0.29, 0.717) is 5.76 Å². The fourth-order valence-corrected chi connectivity index (χ4v) is 1.92. The first kappa shape index (κ1) is 12.3. The third-order valence-electron chi connectivity index (χ3n) is 2.87. The van der Waals surface area contributed by atoms with Crippen LogP contribution in [0.3, 0.4) is 0 Å². The molecule has 1 aliphatic heterocycles. The Bertz CT molecular complexity index is 744. The van der Waals surface area contributed by atoms with E-state index in [2.05, 4.69) is 10.3 Å². The van der Waals surface area contributed by atoms with Gasteiger partial charge in [-0.3, -0.25) is 4.79 Å². The molecule has 1 N–H and O–H groups in total. The third kappa shape index (κ3) is 2.25. The van der Waals surface area contributed by atoms with Crippen LogP contribution in [0.15, 0.2) is 51.5 Å². The van der Waals surface area contributed by atoms with E-state index < -0.39 is 5.82 Å². The van der Waals surface area contributed by atoms with Crippen molar-refractivity contribution in [3.63, 3.8) is 0 Å². The second-order valence-corrected chi connectivity index (χ2v) is 4.37. The minimum atomic E-state index is -0.429. The Kier molecular flexibility index (Phi) is 2.95. The van der Waals surface area contributed by atoms with E-state index in [0.717, 1.165) is 5.76 Å². The van der Waals surface area contributed by atoms with E-state index in [-0.39, 0.29) is 23.0 Å². The fourth-order valence-electron chi connectivity index (χ4n) is 1.92. The van der Waals surface area contributed by atoms with Gasteiger partial charge in [0.05, 0.1) is 5.56 Å². The molecule has 5 heteroatoms. The van der Waals surface area contributed by atoms with Gasteiger partial charge in [0, 0.05) is 6.08 Å². The molecule has 0 bridgehead atoms. The maximum Gasteiger partial charge on any atom is 0.275 e. The number of amidine groups is 1. The zero-order valence-electron chi connectivity index (χ0n) is 10.7. The lowest BCUT2D eigenvalue weighted by Gasteiger charge is -2.00. The van der Waals surface area contributed by atoms with Crippen molar-refractivity contribution in [2.75, 3.05) is 0 Å². The lowest BCUT2D eigenvalue weighted by atomic mass is 10.2. The van der Waals surface area contributed by atoms with Crippen LogP contribution in [0.4, 0.5) is 4.39 Å². The number of carbonyl (C=O) groups is 1. The number of carbonyl (C=O) groups excluding carboxylic acids is 1.